The number of carbonyl (C=O) groups excluding carboxylic acids is 1. The summed E-state index contributed by atoms with van der Waals surface area (Å²) in [5.74, 6) is 1.01. The van der Waals surface area contributed by atoms with Crippen LogP contribution in [0.5, 0.6) is 5.75 Å². The van der Waals surface area contributed by atoms with E-state index in [4.69, 9.17) is 10.5 Å². The third kappa shape index (κ3) is 3.75. The van der Waals surface area contributed by atoms with Crippen LogP contribution in [0.25, 0.3) is 0 Å². The first-order valence-corrected chi connectivity index (χ1v) is 5.69. The molecule has 0 aliphatic carbocycles. The number of nitrogens with zero attached hydrogens (tertiary/aromatic N) is 1. The number of amides is 1. The monoisotopic (exact) mass is 236 g/mol. The SMILES string of the molecule is COc1cccc(N(C)C(=O)CC(C)CN)c1. The molecule has 94 valence electrons. The third-order valence-electron chi connectivity index (χ3n) is 2.74. The minimum atomic E-state index is 0.0659. The molecule has 4 heteroatoms. The Hall–Kier alpha value is -1.55. The lowest BCUT2D eigenvalue weighted by Crippen LogP contribution is -2.29. The molecule has 2 N–H and O–H groups in total. The fourth-order valence-corrected chi connectivity index (χ4v) is 1.48. The lowest BCUT2D eigenvalue weighted by Gasteiger charge is -2.19. The van der Waals surface area contributed by atoms with Crippen molar-refractivity contribution in [1.29, 1.82) is 0 Å². The van der Waals surface area contributed by atoms with Crippen molar-refractivity contribution in [2.45, 2.75) is 13.3 Å². The quantitative estimate of drug-likeness (QED) is 0.845. The van der Waals surface area contributed by atoms with Crippen LogP contribution in [-0.4, -0.2) is 26.6 Å². The summed E-state index contributed by atoms with van der Waals surface area (Å²) in [6.45, 7) is 2.50. The van der Waals surface area contributed by atoms with Gasteiger partial charge < -0.3 is 15.4 Å². The van der Waals surface area contributed by atoms with E-state index in [0.717, 1.165) is 11.4 Å². The average Bonchev–Trinajstić information content (AvgIpc) is 2.37. The maximum atomic E-state index is 11.9. The highest BCUT2D eigenvalue weighted by atomic mass is 16.5. The predicted octanol–water partition coefficient (Wildman–Crippen LogP) is 1.64. The van der Waals surface area contributed by atoms with Gasteiger partial charge in [0.05, 0.1) is 7.11 Å². The van der Waals surface area contributed by atoms with E-state index in [1.807, 2.05) is 31.2 Å². The minimum Gasteiger partial charge on any atom is -0.497 e. The molecule has 0 spiro atoms. The molecule has 0 radical (unpaired) electrons. The van der Waals surface area contributed by atoms with E-state index in [1.165, 1.54) is 0 Å². The molecule has 1 unspecified atom stereocenters. The molecule has 0 saturated carbocycles. The minimum absolute atomic E-state index is 0.0659. The van der Waals surface area contributed by atoms with E-state index in [-0.39, 0.29) is 11.8 Å². The number of hydrogen-bond donors (Lipinski definition) is 1. The van der Waals surface area contributed by atoms with Crippen LogP contribution in [0.1, 0.15) is 13.3 Å². The van der Waals surface area contributed by atoms with Gasteiger partial charge in [-0.05, 0) is 24.6 Å². The van der Waals surface area contributed by atoms with Crippen molar-refractivity contribution in [2.24, 2.45) is 11.7 Å². The third-order valence-corrected chi connectivity index (χ3v) is 2.74. The molecule has 1 aromatic rings. The predicted molar refractivity (Wildman–Crippen MR) is 69.2 cm³/mol. The number of ether oxygens (including phenoxy) is 1. The van der Waals surface area contributed by atoms with Crippen LogP contribution in [0, 0.1) is 5.92 Å². The highest BCUT2D eigenvalue weighted by molar-refractivity contribution is 5.93. The molecule has 17 heavy (non-hydrogen) atoms. The largest absolute Gasteiger partial charge is 0.497 e. The zero-order valence-corrected chi connectivity index (χ0v) is 10.6. The second-order valence-electron chi connectivity index (χ2n) is 4.20. The fraction of sp³-hybridized carbons (Fsp3) is 0.462. The van der Waals surface area contributed by atoms with E-state index in [2.05, 4.69) is 0 Å². The zero-order valence-electron chi connectivity index (χ0n) is 10.6. The van der Waals surface area contributed by atoms with Crippen molar-refractivity contribution in [3.8, 4) is 5.75 Å². The summed E-state index contributed by atoms with van der Waals surface area (Å²) in [7, 11) is 3.37. The van der Waals surface area contributed by atoms with Gasteiger partial charge in [-0.2, -0.15) is 0 Å². The number of methoxy groups -OCH3 is 1. The highest BCUT2D eigenvalue weighted by Gasteiger charge is 2.14. The van der Waals surface area contributed by atoms with Crippen molar-refractivity contribution >= 4 is 11.6 Å². The summed E-state index contributed by atoms with van der Waals surface area (Å²) < 4.78 is 5.13. The summed E-state index contributed by atoms with van der Waals surface area (Å²) in [5, 5.41) is 0. The zero-order chi connectivity index (χ0) is 12.8. The van der Waals surface area contributed by atoms with Gasteiger partial charge in [0.1, 0.15) is 5.75 Å². The van der Waals surface area contributed by atoms with Gasteiger partial charge >= 0.3 is 0 Å². The Labute approximate surface area is 102 Å². The molecule has 1 amide bonds. The second-order valence-corrected chi connectivity index (χ2v) is 4.20. The lowest BCUT2D eigenvalue weighted by molar-refractivity contribution is -0.119. The molecule has 1 atom stereocenters. The van der Waals surface area contributed by atoms with Crippen molar-refractivity contribution < 1.29 is 9.53 Å². The normalized spacial score (nSPS) is 12.0. The summed E-state index contributed by atoms with van der Waals surface area (Å²) in [4.78, 5) is 13.6. The summed E-state index contributed by atoms with van der Waals surface area (Å²) in [5.41, 5.74) is 6.35. The molecule has 1 aromatic carbocycles. The first-order chi connectivity index (χ1) is 8.08. The van der Waals surface area contributed by atoms with Gasteiger partial charge in [0.2, 0.25) is 5.91 Å². The number of nitrogens with two attached hydrogens (primary N) is 1. The standard InChI is InChI=1S/C13H20N2O2/c1-10(9-14)7-13(16)15(2)11-5-4-6-12(8-11)17-3/h4-6,8,10H,7,9,14H2,1-3H3. The Bertz CT molecular complexity index is 379. The first-order valence-electron chi connectivity index (χ1n) is 5.69. The molecular weight excluding hydrogens is 216 g/mol. The van der Waals surface area contributed by atoms with Crippen molar-refractivity contribution in [3.05, 3.63) is 24.3 Å². The van der Waals surface area contributed by atoms with Crippen LogP contribution in [0.3, 0.4) is 0 Å². The van der Waals surface area contributed by atoms with Gasteiger partial charge in [0, 0.05) is 25.2 Å². The van der Waals surface area contributed by atoms with E-state index >= 15 is 0 Å². The fourth-order valence-electron chi connectivity index (χ4n) is 1.48. The second kappa shape index (κ2) is 6.25. The molecule has 0 aliphatic heterocycles. The smallest absolute Gasteiger partial charge is 0.227 e. The Morgan fingerprint density at radius 3 is 2.82 bits per heavy atom. The lowest BCUT2D eigenvalue weighted by atomic mass is 10.1. The molecule has 0 heterocycles. The van der Waals surface area contributed by atoms with Crippen LogP contribution in [-0.2, 0) is 4.79 Å². The molecular formula is C13H20N2O2. The van der Waals surface area contributed by atoms with Gasteiger partial charge in [-0.15, -0.1) is 0 Å². The number of rotatable bonds is 5. The maximum Gasteiger partial charge on any atom is 0.227 e. The number of hydrogen-bond acceptors (Lipinski definition) is 3. The molecule has 0 aliphatic rings. The topological polar surface area (TPSA) is 55.6 Å². The van der Waals surface area contributed by atoms with E-state index in [9.17, 15) is 4.79 Å². The molecule has 0 saturated heterocycles. The molecule has 0 fully saturated rings. The Morgan fingerprint density at radius 1 is 1.53 bits per heavy atom. The average molecular weight is 236 g/mol. The molecule has 4 nitrogen and oxygen atoms in total. The first kappa shape index (κ1) is 13.5. The molecule has 0 aromatic heterocycles. The molecule has 0 bridgehead atoms. The van der Waals surface area contributed by atoms with E-state index in [0.29, 0.717) is 13.0 Å². The summed E-state index contributed by atoms with van der Waals surface area (Å²) >= 11 is 0. The van der Waals surface area contributed by atoms with Gasteiger partial charge in [0.25, 0.3) is 0 Å². The van der Waals surface area contributed by atoms with E-state index < -0.39 is 0 Å². The van der Waals surface area contributed by atoms with Crippen molar-refractivity contribution in [2.75, 3.05) is 25.6 Å². The number of anilines is 1. The van der Waals surface area contributed by atoms with Crippen LogP contribution in [0.2, 0.25) is 0 Å². The highest BCUT2D eigenvalue weighted by Crippen LogP contribution is 2.20. The van der Waals surface area contributed by atoms with Crippen LogP contribution >= 0.6 is 0 Å². The van der Waals surface area contributed by atoms with Gasteiger partial charge in [-0.1, -0.05) is 13.0 Å². The van der Waals surface area contributed by atoms with Crippen LogP contribution < -0.4 is 15.4 Å². The Morgan fingerprint density at radius 2 is 2.24 bits per heavy atom. The van der Waals surface area contributed by atoms with E-state index in [1.54, 1.807) is 19.1 Å². The van der Waals surface area contributed by atoms with Crippen molar-refractivity contribution in [1.82, 2.24) is 0 Å². The molecule has 1 rings (SSSR count). The maximum absolute atomic E-state index is 11.9. The Balaban J connectivity index is 2.74. The van der Waals surface area contributed by atoms with Gasteiger partial charge in [0.15, 0.2) is 0 Å². The number of carbonyl (C=O) groups is 1. The van der Waals surface area contributed by atoms with Crippen molar-refractivity contribution in [3.63, 3.8) is 0 Å². The Kier molecular flexibility index (Phi) is 4.97. The number of benzene rings is 1. The van der Waals surface area contributed by atoms with Gasteiger partial charge in [-0.3, -0.25) is 4.79 Å². The van der Waals surface area contributed by atoms with Crippen LogP contribution in [0.4, 0.5) is 5.69 Å². The van der Waals surface area contributed by atoms with Crippen LogP contribution in [0.15, 0.2) is 24.3 Å². The summed E-state index contributed by atoms with van der Waals surface area (Å²) in [6, 6.07) is 7.44. The van der Waals surface area contributed by atoms with Gasteiger partial charge in [-0.25, -0.2) is 0 Å². The summed E-state index contributed by atoms with van der Waals surface area (Å²) in [6.07, 6.45) is 0.463.